The van der Waals surface area contributed by atoms with Gasteiger partial charge in [-0.3, -0.25) is 4.79 Å². The third kappa shape index (κ3) is 7.47. The highest BCUT2D eigenvalue weighted by atomic mass is 79.9. The van der Waals surface area contributed by atoms with E-state index < -0.39 is 0 Å². The maximum Gasteiger partial charge on any atom is 0.322 e. The van der Waals surface area contributed by atoms with Crippen molar-refractivity contribution in [2.75, 3.05) is 32.1 Å². The van der Waals surface area contributed by atoms with Crippen LogP contribution in [-0.2, 0) is 22.6 Å². The van der Waals surface area contributed by atoms with Crippen LogP contribution in [0.4, 0.5) is 10.5 Å². The molecule has 3 aromatic rings. The van der Waals surface area contributed by atoms with Crippen molar-refractivity contribution in [3.8, 4) is 0 Å². The lowest BCUT2D eigenvalue weighted by Gasteiger charge is -2.27. The molecule has 0 saturated carbocycles. The monoisotopic (exact) mass is 515 g/mol. The van der Waals surface area contributed by atoms with Gasteiger partial charge in [0.15, 0.2) is 0 Å². The second-order valence-corrected chi connectivity index (χ2v) is 9.11. The molecule has 8 heteroatoms. The second-order valence-electron chi connectivity index (χ2n) is 7.17. The van der Waals surface area contributed by atoms with Gasteiger partial charge in [0.05, 0.1) is 13.2 Å². The van der Waals surface area contributed by atoms with E-state index >= 15 is 0 Å². The fraction of sp³-hybridized carbons (Fsp3) is 0.250. The number of urea groups is 1. The SMILES string of the molecule is COCCN(CC(=O)N(Cc1ccccc1)Cc1cccs1)C(=O)Nc1ccc(Br)cc1. The summed E-state index contributed by atoms with van der Waals surface area (Å²) in [7, 11) is 1.57. The van der Waals surface area contributed by atoms with Crippen LogP contribution in [0.1, 0.15) is 10.4 Å². The Balaban J connectivity index is 1.72. The first kappa shape index (κ1) is 24.0. The summed E-state index contributed by atoms with van der Waals surface area (Å²) in [6.45, 7) is 1.58. The van der Waals surface area contributed by atoms with Gasteiger partial charge >= 0.3 is 6.03 Å². The van der Waals surface area contributed by atoms with Crippen molar-refractivity contribution in [2.24, 2.45) is 0 Å². The van der Waals surface area contributed by atoms with Gasteiger partial charge in [0.2, 0.25) is 5.91 Å². The molecule has 0 aliphatic rings. The zero-order chi connectivity index (χ0) is 22.8. The van der Waals surface area contributed by atoms with Crippen LogP contribution >= 0.6 is 27.3 Å². The van der Waals surface area contributed by atoms with Gasteiger partial charge in [-0.2, -0.15) is 0 Å². The number of ether oxygens (including phenoxy) is 1. The minimum Gasteiger partial charge on any atom is -0.383 e. The Kier molecular flexibility index (Phi) is 9.27. The molecule has 0 spiro atoms. The van der Waals surface area contributed by atoms with Crippen LogP contribution < -0.4 is 5.32 Å². The van der Waals surface area contributed by atoms with Gasteiger partial charge in [-0.15, -0.1) is 11.3 Å². The highest BCUT2D eigenvalue weighted by Gasteiger charge is 2.22. The minimum absolute atomic E-state index is 0.0378. The quantitative estimate of drug-likeness (QED) is 0.402. The molecule has 1 aromatic heterocycles. The maximum absolute atomic E-state index is 13.3. The fourth-order valence-corrected chi connectivity index (χ4v) is 4.06. The van der Waals surface area contributed by atoms with Gasteiger partial charge in [0.25, 0.3) is 0 Å². The minimum atomic E-state index is -0.339. The number of anilines is 1. The number of thiophene rings is 1. The van der Waals surface area contributed by atoms with Crippen LogP contribution in [0.5, 0.6) is 0 Å². The average molecular weight is 516 g/mol. The van der Waals surface area contributed by atoms with Crippen molar-refractivity contribution >= 4 is 44.9 Å². The third-order valence-corrected chi connectivity index (χ3v) is 6.16. The standard InChI is InChI=1S/C24H26BrN3O3S/c1-31-14-13-27(24(30)26-21-11-9-20(25)10-12-21)18-23(29)28(17-22-8-5-15-32-22)16-19-6-3-2-4-7-19/h2-12,15H,13-14,16-18H2,1H3,(H,26,30). The van der Waals surface area contributed by atoms with Gasteiger partial charge < -0.3 is 19.9 Å². The summed E-state index contributed by atoms with van der Waals surface area (Å²) in [4.78, 5) is 30.6. The topological polar surface area (TPSA) is 61.9 Å². The second kappa shape index (κ2) is 12.4. The van der Waals surface area contributed by atoms with E-state index in [1.54, 1.807) is 35.5 Å². The van der Waals surface area contributed by atoms with E-state index in [-0.39, 0.29) is 18.5 Å². The maximum atomic E-state index is 13.3. The molecular weight excluding hydrogens is 490 g/mol. The van der Waals surface area contributed by atoms with Gasteiger partial charge in [0, 0.05) is 35.2 Å². The van der Waals surface area contributed by atoms with Gasteiger partial charge in [0.1, 0.15) is 6.54 Å². The number of halogens is 1. The molecule has 3 rings (SSSR count). The van der Waals surface area contributed by atoms with Crippen LogP contribution in [0, 0.1) is 0 Å². The highest BCUT2D eigenvalue weighted by molar-refractivity contribution is 9.10. The molecule has 3 amide bonds. The van der Waals surface area contributed by atoms with E-state index in [0.29, 0.717) is 31.9 Å². The van der Waals surface area contributed by atoms with E-state index in [4.69, 9.17) is 4.74 Å². The van der Waals surface area contributed by atoms with Crippen molar-refractivity contribution in [3.05, 3.63) is 87.0 Å². The van der Waals surface area contributed by atoms with Crippen LogP contribution in [0.3, 0.4) is 0 Å². The van der Waals surface area contributed by atoms with E-state index in [9.17, 15) is 9.59 Å². The Morgan fingerprint density at radius 3 is 2.38 bits per heavy atom. The number of carbonyl (C=O) groups excluding carboxylic acids is 2. The molecule has 1 heterocycles. The lowest BCUT2D eigenvalue weighted by atomic mass is 10.2. The number of benzene rings is 2. The first-order valence-electron chi connectivity index (χ1n) is 10.2. The van der Waals surface area contributed by atoms with Crippen LogP contribution in [-0.4, -0.2) is 48.5 Å². The summed E-state index contributed by atoms with van der Waals surface area (Å²) in [5.41, 5.74) is 1.70. The predicted octanol–water partition coefficient (Wildman–Crippen LogP) is 5.22. The molecule has 0 unspecified atom stereocenters. The Labute approximate surface area is 200 Å². The molecule has 1 N–H and O–H groups in total. The summed E-state index contributed by atoms with van der Waals surface area (Å²) in [5.74, 6) is -0.121. The smallest absolute Gasteiger partial charge is 0.322 e. The number of nitrogens with zero attached hydrogens (tertiary/aromatic N) is 2. The number of methoxy groups -OCH3 is 1. The van der Waals surface area contributed by atoms with Crippen molar-refractivity contribution in [2.45, 2.75) is 13.1 Å². The molecule has 0 radical (unpaired) electrons. The fourth-order valence-electron chi connectivity index (χ4n) is 3.08. The van der Waals surface area contributed by atoms with E-state index in [0.717, 1.165) is 14.9 Å². The van der Waals surface area contributed by atoms with Crippen molar-refractivity contribution in [3.63, 3.8) is 0 Å². The summed E-state index contributed by atoms with van der Waals surface area (Å²) in [6.07, 6.45) is 0. The summed E-state index contributed by atoms with van der Waals surface area (Å²) in [5, 5.41) is 4.86. The molecule has 2 aromatic carbocycles. The average Bonchev–Trinajstić information content (AvgIpc) is 3.31. The summed E-state index contributed by atoms with van der Waals surface area (Å²) >= 11 is 5.00. The Bertz CT molecular complexity index is 981. The molecule has 0 saturated heterocycles. The van der Waals surface area contributed by atoms with E-state index in [1.807, 2.05) is 60.0 Å². The Hall–Kier alpha value is -2.68. The zero-order valence-corrected chi connectivity index (χ0v) is 20.3. The molecule has 168 valence electrons. The molecule has 0 bridgehead atoms. The number of amides is 3. The summed E-state index contributed by atoms with van der Waals surface area (Å²) < 4.78 is 6.08. The van der Waals surface area contributed by atoms with Crippen molar-refractivity contribution in [1.29, 1.82) is 0 Å². The molecule has 0 aliphatic heterocycles. The molecule has 6 nitrogen and oxygen atoms in total. The molecular formula is C24H26BrN3O3S. The van der Waals surface area contributed by atoms with Crippen LogP contribution in [0.15, 0.2) is 76.6 Å². The molecule has 0 fully saturated rings. The zero-order valence-electron chi connectivity index (χ0n) is 17.9. The van der Waals surface area contributed by atoms with Gasteiger partial charge in [-0.05, 0) is 41.3 Å². The first-order valence-corrected chi connectivity index (χ1v) is 11.9. The number of rotatable bonds is 10. The molecule has 0 aliphatic carbocycles. The Morgan fingerprint density at radius 1 is 0.969 bits per heavy atom. The predicted molar refractivity (Wildman–Crippen MR) is 132 cm³/mol. The van der Waals surface area contributed by atoms with Crippen molar-refractivity contribution in [1.82, 2.24) is 9.80 Å². The van der Waals surface area contributed by atoms with Gasteiger partial charge in [-0.25, -0.2) is 4.79 Å². The number of hydrogen-bond acceptors (Lipinski definition) is 4. The number of nitrogens with one attached hydrogen (secondary N) is 1. The van der Waals surface area contributed by atoms with Gasteiger partial charge in [-0.1, -0.05) is 52.3 Å². The lowest BCUT2D eigenvalue weighted by molar-refractivity contribution is -0.133. The molecule has 32 heavy (non-hydrogen) atoms. The van der Waals surface area contributed by atoms with Crippen molar-refractivity contribution < 1.29 is 14.3 Å². The largest absolute Gasteiger partial charge is 0.383 e. The lowest BCUT2D eigenvalue weighted by Crippen LogP contribution is -2.45. The number of hydrogen-bond donors (Lipinski definition) is 1. The van der Waals surface area contributed by atoms with E-state index in [1.165, 1.54) is 4.90 Å². The normalized spacial score (nSPS) is 10.6. The molecule has 0 atom stereocenters. The number of carbonyl (C=O) groups is 2. The highest BCUT2D eigenvalue weighted by Crippen LogP contribution is 2.17. The van der Waals surface area contributed by atoms with E-state index in [2.05, 4.69) is 21.2 Å². The first-order chi connectivity index (χ1) is 15.5. The van der Waals surface area contributed by atoms with Crippen LogP contribution in [0.25, 0.3) is 0 Å². The summed E-state index contributed by atoms with van der Waals surface area (Å²) in [6, 6.07) is 20.8. The van der Waals surface area contributed by atoms with Crippen LogP contribution in [0.2, 0.25) is 0 Å². The Morgan fingerprint density at radius 2 is 1.72 bits per heavy atom. The third-order valence-electron chi connectivity index (χ3n) is 4.77.